The van der Waals surface area contributed by atoms with Crippen molar-refractivity contribution in [3.05, 3.63) is 0 Å². The smallest absolute Gasteiger partial charge is 0.385 e. The van der Waals surface area contributed by atoms with Gasteiger partial charge in [-0.2, -0.15) is 26.3 Å². The largest absolute Gasteiger partial charge is 0.839 e. The fraction of sp³-hybridized carbons (Fsp3) is 1.00. The second-order valence-corrected chi connectivity index (χ2v) is 9.42. The molecule has 0 heterocycles. The summed E-state index contributed by atoms with van der Waals surface area (Å²) in [6, 6.07) is 0. The Bertz CT molecular complexity index is 202. The summed E-state index contributed by atoms with van der Waals surface area (Å²) in [5.74, 6) is 1.95. The maximum absolute atomic E-state index is 10.9. The van der Waals surface area contributed by atoms with E-state index in [0.29, 0.717) is 0 Å². The van der Waals surface area contributed by atoms with Gasteiger partial charge < -0.3 is 5.11 Å². The first kappa shape index (κ1) is 21.7. The van der Waals surface area contributed by atoms with Crippen LogP contribution < -0.4 is 5.11 Å². The van der Waals surface area contributed by atoms with Crippen LogP contribution in [0.5, 0.6) is 0 Å². The van der Waals surface area contributed by atoms with Crippen molar-refractivity contribution < 1.29 is 31.4 Å². The average molecular weight is 490 g/mol. The molecule has 0 bridgehead atoms. The Morgan fingerprint density at radius 3 is 1.16 bits per heavy atom. The van der Waals surface area contributed by atoms with Crippen LogP contribution in [0, 0.1) is 11.8 Å². The van der Waals surface area contributed by atoms with Gasteiger partial charge in [-0.05, 0) is 0 Å². The molecule has 0 aromatic carbocycles. The molecule has 0 aromatic heterocycles. The van der Waals surface area contributed by atoms with Crippen molar-refractivity contribution in [1.29, 1.82) is 0 Å². The number of rotatable bonds is 4. The first-order chi connectivity index (χ1) is 8.28. The molecule has 8 heteroatoms. The van der Waals surface area contributed by atoms with E-state index in [0.717, 1.165) is 11.8 Å². The zero-order valence-corrected chi connectivity index (χ0v) is 14.7. The van der Waals surface area contributed by atoms with Gasteiger partial charge >= 0.3 is 83.4 Å². The Morgan fingerprint density at radius 2 is 1.05 bits per heavy atom. The quantitative estimate of drug-likeness (QED) is 0.436. The molecule has 0 aliphatic carbocycles. The summed E-state index contributed by atoms with van der Waals surface area (Å²) in [7, 11) is 0. The van der Waals surface area contributed by atoms with Crippen molar-refractivity contribution >= 4 is 23.2 Å². The molecule has 19 heavy (non-hydrogen) atoms. The second-order valence-electron chi connectivity index (χ2n) is 4.84. The first-order valence-electron chi connectivity index (χ1n) is 5.71. The Hall–Kier alpha value is 0.423. The monoisotopic (exact) mass is 490 g/mol. The third-order valence-corrected chi connectivity index (χ3v) is 9.27. The van der Waals surface area contributed by atoms with E-state index in [1.165, 1.54) is 0 Å². The molecule has 0 rings (SSSR count). The molecule has 0 saturated heterocycles. The molecule has 0 amide bonds. The molecule has 0 atom stereocenters. The molecule has 116 valence electrons. The van der Waals surface area contributed by atoms with Crippen molar-refractivity contribution in [2.75, 3.05) is 0 Å². The van der Waals surface area contributed by atoms with Crippen LogP contribution in [0.1, 0.15) is 27.7 Å². The number of halogens is 6. The van der Waals surface area contributed by atoms with Gasteiger partial charge in [0, 0.05) is 0 Å². The zero-order chi connectivity index (χ0) is 15.9. The van der Waals surface area contributed by atoms with Crippen LogP contribution >= 0.6 is 0 Å². The van der Waals surface area contributed by atoms with E-state index < -0.39 is 18.5 Å². The normalized spacial score (nSPS) is 12.9. The average Bonchev–Trinajstić information content (AvgIpc) is 2.13. The minimum atomic E-state index is -5.74. The molecule has 0 unspecified atom stereocenters. The van der Waals surface area contributed by atoms with Crippen molar-refractivity contribution in [2.24, 2.45) is 11.8 Å². The predicted octanol–water partition coefficient (Wildman–Crippen LogP) is 3.68. The van der Waals surface area contributed by atoms with E-state index in [-0.39, 0.29) is 23.2 Å². The Kier molecular flexibility index (Phi) is 10.7. The number of hydrogen-bond acceptors (Lipinski definition) is 1. The van der Waals surface area contributed by atoms with Gasteiger partial charge in [0.2, 0.25) is 0 Å². The zero-order valence-electron chi connectivity index (χ0n) is 11.3. The predicted molar refractivity (Wildman–Crippen MR) is 60.9 cm³/mol. The second kappa shape index (κ2) is 9.38. The summed E-state index contributed by atoms with van der Waals surface area (Å²) in [5.41, 5.74) is 0. The fourth-order valence-corrected chi connectivity index (χ4v) is 5.37. The third kappa shape index (κ3) is 14.6. The van der Waals surface area contributed by atoms with Crippen LogP contribution in [0.25, 0.3) is 0 Å². The molecule has 0 spiro atoms. The van der Waals surface area contributed by atoms with Crippen LogP contribution in [-0.4, -0.2) is 41.7 Å². The van der Waals surface area contributed by atoms with Gasteiger partial charge in [0.25, 0.3) is 0 Å². The molecule has 0 aromatic rings. The molecule has 0 N–H and O–H groups in total. The molecule has 2 radical (unpaired) electrons. The van der Waals surface area contributed by atoms with E-state index in [9.17, 15) is 31.4 Å². The van der Waals surface area contributed by atoms with E-state index in [4.69, 9.17) is 0 Å². The molecule has 1 nitrogen and oxygen atoms in total. The van der Waals surface area contributed by atoms with Crippen molar-refractivity contribution in [2.45, 2.75) is 54.4 Å². The van der Waals surface area contributed by atoms with Gasteiger partial charge in [-0.25, -0.2) is 0 Å². The van der Waals surface area contributed by atoms with Gasteiger partial charge in [-0.3, -0.25) is 0 Å². The van der Waals surface area contributed by atoms with E-state index >= 15 is 0 Å². The minimum absolute atomic E-state index is 0.0123. The van der Waals surface area contributed by atoms with Crippen LogP contribution in [-0.2, 0) is 0 Å². The van der Waals surface area contributed by atoms with E-state index in [1.807, 2.05) is 0 Å². The fourth-order valence-electron chi connectivity index (χ4n) is 0.777. The molecule has 0 aliphatic heterocycles. The van der Waals surface area contributed by atoms with Gasteiger partial charge in [-0.1, -0.05) is 0 Å². The number of hydrogen-bond donors (Lipinski definition) is 0. The minimum Gasteiger partial charge on any atom is -0.839 e. The Morgan fingerprint density at radius 1 is 0.789 bits per heavy atom. The Balaban J connectivity index is 0. The van der Waals surface area contributed by atoms with E-state index in [1.54, 1.807) is 8.26 Å². The molecular weight excluding hydrogens is 471 g/mol. The Labute approximate surface area is 121 Å². The summed E-state index contributed by atoms with van der Waals surface area (Å²) >= 11 is -0.0123. The van der Waals surface area contributed by atoms with Gasteiger partial charge in [0.15, 0.2) is 0 Å². The molecule has 0 saturated carbocycles. The number of alkyl halides is 6. The summed E-state index contributed by atoms with van der Waals surface area (Å²) in [4.78, 5) is 0. The first-order valence-corrected chi connectivity index (χ1v) is 10.6. The van der Waals surface area contributed by atoms with Gasteiger partial charge in [0.1, 0.15) is 0 Å². The molecular formula is C11H19BiF6O. The SMILES string of the molecule is CC(C)[CH2][Bi+][CH2]C(C)C.[O-]C(C(F)(F)F)C(F)(F)F. The maximum Gasteiger partial charge on any atom is 0.385 e. The maximum atomic E-state index is 10.9. The van der Waals surface area contributed by atoms with Crippen molar-refractivity contribution in [3.8, 4) is 0 Å². The van der Waals surface area contributed by atoms with Gasteiger partial charge in [-0.15, -0.1) is 0 Å². The summed E-state index contributed by atoms with van der Waals surface area (Å²) in [5, 5.41) is 9.32. The summed E-state index contributed by atoms with van der Waals surface area (Å²) in [6.45, 7) is 9.35. The van der Waals surface area contributed by atoms with Crippen LogP contribution in [0.3, 0.4) is 0 Å². The standard InChI is InChI=1S/2C4H9.C3HF6O.Bi/c2*1-4(2)3;4-2(5,6)1(10)3(7,8)9;/h2*4H,1H2,2-3H3;1H;/q;;-1;+1. The molecule has 0 fully saturated rings. The third-order valence-electron chi connectivity index (χ3n) is 1.58. The van der Waals surface area contributed by atoms with Crippen LogP contribution in [0.15, 0.2) is 0 Å². The van der Waals surface area contributed by atoms with Crippen molar-refractivity contribution in [3.63, 3.8) is 0 Å². The van der Waals surface area contributed by atoms with Crippen LogP contribution in [0.2, 0.25) is 8.26 Å². The molecule has 0 aliphatic rings. The van der Waals surface area contributed by atoms with Crippen molar-refractivity contribution in [1.82, 2.24) is 0 Å². The van der Waals surface area contributed by atoms with E-state index in [2.05, 4.69) is 27.7 Å². The summed E-state index contributed by atoms with van der Waals surface area (Å²) < 4.78 is 68.6. The summed E-state index contributed by atoms with van der Waals surface area (Å²) in [6.07, 6.45) is -16.0. The topological polar surface area (TPSA) is 23.1 Å². The van der Waals surface area contributed by atoms with Crippen LogP contribution in [0.4, 0.5) is 26.3 Å². The van der Waals surface area contributed by atoms with Gasteiger partial charge in [0.05, 0.1) is 6.10 Å².